The first kappa shape index (κ1) is 18.0. The first-order valence-corrected chi connectivity index (χ1v) is 9.58. The molecule has 1 N–H and O–H groups in total. The second-order valence-electron chi connectivity index (χ2n) is 7.10. The zero-order valence-corrected chi connectivity index (χ0v) is 15.6. The van der Waals surface area contributed by atoms with E-state index in [0.29, 0.717) is 23.9 Å². The van der Waals surface area contributed by atoms with E-state index >= 15 is 0 Å². The van der Waals surface area contributed by atoms with Crippen molar-refractivity contribution in [1.82, 2.24) is 14.6 Å². The van der Waals surface area contributed by atoms with Crippen LogP contribution in [0.1, 0.15) is 31.2 Å². The van der Waals surface area contributed by atoms with Crippen LogP contribution in [0.2, 0.25) is 0 Å². The van der Waals surface area contributed by atoms with Crippen molar-refractivity contribution in [3.8, 4) is 6.07 Å². The topological polar surface area (TPSA) is 86.3 Å². The van der Waals surface area contributed by atoms with Gasteiger partial charge in [0.25, 0.3) is 0 Å². The summed E-state index contributed by atoms with van der Waals surface area (Å²) in [6.45, 7) is 1.83. The van der Waals surface area contributed by atoms with E-state index in [-0.39, 0.29) is 5.91 Å². The van der Waals surface area contributed by atoms with Crippen molar-refractivity contribution in [3.05, 3.63) is 54.2 Å². The molecule has 7 heteroatoms. The van der Waals surface area contributed by atoms with E-state index in [2.05, 4.69) is 26.5 Å². The van der Waals surface area contributed by atoms with Gasteiger partial charge in [-0.25, -0.2) is 0 Å². The van der Waals surface area contributed by atoms with Gasteiger partial charge in [-0.2, -0.15) is 5.26 Å². The monoisotopic (exact) mass is 374 g/mol. The molecule has 1 saturated heterocycles. The van der Waals surface area contributed by atoms with Crippen LogP contribution in [0, 0.1) is 17.2 Å². The van der Waals surface area contributed by atoms with Crippen LogP contribution in [0.15, 0.2) is 48.7 Å². The number of amides is 1. The second kappa shape index (κ2) is 8.09. The third kappa shape index (κ3) is 3.81. The molecular weight excluding hydrogens is 352 g/mol. The summed E-state index contributed by atoms with van der Waals surface area (Å²) in [5, 5.41) is 20.2. The number of aromatic nitrogens is 3. The highest BCUT2D eigenvalue weighted by Gasteiger charge is 2.22. The van der Waals surface area contributed by atoms with Gasteiger partial charge in [0.2, 0.25) is 11.9 Å². The largest absolute Gasteiger partial charge is 0.370 e. The molecule has 0 aliphatic carbocycles. The summed E-state index contributed by atoms with van der Waals surface area (Å²) < 4.78 is 1.77. The molecule has 3 heterocycles. The molecule has 1 aromatic carbocycles. The van der Waals surface area contributed by atoms with Crippen LogP contribution >= 0.6 is 0 Å². The molecule has 28 heavy (non-hydrogen) atoms. The Kier molecular flexibility index (Phi) is 5.20. The van der Waals surface area contributed by atoms with Crippen LogP contribution in [-0.4, -0.2) is 33.6 Å². The third-order valence-electron chi connectivity index (χ3n) is 5.32. The third-order valence-corrected chi connectivity index (χ3v) is 5.32. The second-order valence-corrected chi connectivity index (χ2v) is 7.10. The summed E-state index contributed by atoms with van der Waals surface area (Å²) in [6, 6.07) is 15.6. The zero-order chi connectivity index (χ0) is 19.3. The van der Waals surface area contributed by atoms with Crippen LogP contribution in [0.3, 0.4) is 0 Å². The maximum Gasteiger partial charge on any atom is 0.235 e. The maximum absolute atomic E-state index is 12.3. The molecule has 0 spiro atoms. The highest BCUT2D eigenvalue weighted by molar-refractivity contribution is 5.89. The molecule has 1 aliphatic rings. The van der Waals surface area contributed by atoms with Gasteiger partial charge in [-0.05, 0) is 49.4 Å². The van der Waals surface area contributed by atoms with Gasteiger partial charge < -0.3 is 4.90 Å². The van der Waals surface area contributed by atoms with Gasteiger partial charge in [-0.1, -0.05) is 18.2 Å². The number of piperidine rings is 1. The van der Waals surface area contributed by atoms with Gasteiger partial charge in [0.15, 0.2) is 5.65 Å². The quantitative estimate of drug-likeness (QED) is 0.741. The lowest BCUT2D eigenvalue weighted by molar-refractivity contribution is -0.116. The van der Waals surface area contributed by atoms with E-state index in [1.54, 1.807) is 4.40 Å². The lowest BCUT2D eigenvalue weighted by Gasteiger charge is -2.34. The Morgan fingerprint density at radius 2 is 1.93 bits per heavy atom. The minimum Gasteiger partial charge on any atom is -0.370 e. The van der Waals surface area contributed by atoms with E-state index in [9.17, 15) is 10.1 Å². The Hall–Kier alpha value is -3.40. The predicted octanol–water partition coefficient (Wildman–Crippen LogP) is 3.24. The smallest absolute Gasteiger partial charge is 0.235 e. The Bertz CT molecular complexity index is 1010. The number of carbonyl (C=O) groups excluding carboxylic acids is 1. The summed E-state index contributed by atoms with van der Waals surface area (Å²) in [5.74, 6) is 0.949. The number of pyridine rings is 1. The number of rotatable bonds is 5. The van der Waals surface area contributed by atoms with Crippen LogP contribution in [0.5, 0.6) is 0 Å². The van der Waals surface area contributed by atoms with Gasteiger partial charge in [-0.3, -0.25) is 14.5 Å². The number of carbonyl (C=O) groups is 1. The molecule has 142 valence electrons. The molecule has 1 aliphatic heterocycles. The fourth-order valence-corrected chi connectivity index (χ4v) is 3.76. The number of benzene rings is 1. The highest BCUT2D eigenvalue weighted by atomic mass is 16.1. The molecule has 0 bridgehead atoms. The summed E-state index contributed by atoms with van der Waals surface area (Å²) in [7, 11) is 0. The normalized spacial score (nSPS) is 14.8. The van der Waals surface area contributed by atoms with Crippen molar-refractivity contribution in [2.45, 2.75) is 25.7 Å². The van der Waals surface area contributed by atoms with Crippen molar-refractivity contribution in [2.75, 3.05) is 23.3 Å². The van der Waals surface area contributed by atoms with Crippen molar-refractivity contribution in [1.29, 1.82) is 5.26 Å². The summed E-state index contributed by atoms with van der Waals surface area (Å²) in [5.41, 5.74) is 2.45. The molecule has 0 radical (unpaired) electrons. The highest BCUT2D eigenvalue weighted by Crippen LogP contribution is 2.28. The van der Waals surface area contributed by atoms with Crippen molar-refractivity contribution >= 4 is 23.2 Å². The number of hydrogen-bond acceptors (Lipinski definition) is 5. The lowest BCUT2D eigenvalue weighted by atomic mass is 9.91. The zero-order valence-electron chi connectivity index (χ0n) is 15.6. The molecule has 0 saturated carbocycles. The van der Waals surface area contributed by atoms with E-state index in [4.69, 9.17) is 0 Å². The number of anilines is 2. The minimum absolute atomic E-state index is 0.0320. The van der Waals surface area contributed by atoms with Crippen molar-refractivity contribution in [2.24, 2.45) is 5.92 Å². The SMILES string of the molecule is N#Cc1ccccc1N1CCC(CCC(=O)Nc2nnc3ccccn23)CC1. The Labute approximate surface area is 163 Å². The molecule has 0 atom stereocenters. The number of hydrogen-bond donors (Lipinski definition) is 1. The van der Waals surface area contributed by atoms with Gasteiger partial charge >= 0.3 is 0 Å². The van der Waals surface area contributed by atoms with Crippen LogP contribution in [0.25, 0.3) is 5.65 Å². The van der Waals surface area contributed by atoms with Crippen molar-refractivity contribution < 1.29 is 4.79 Å². The van der Waals surface area contributed by atoms with E-state index in [0.717, 1.165) is 43.6 Å². The standard InChI is InChI=1S/C21H22N6O/c22-15-17-5-1-2-6-18(17)26-13-10-16(11-14-26)8-9-20(28)23-21-25-24-19-7-3-4-12-27(19)21/h1-7,12,16H,8-11,13-14H2,(H,23,25,28). The molecule has 4 rings (SSSR count). The fourth-order valence-electron chi connectivity index (χ4n) is 3.76. The first-order valence-electron chi connectivity index (χ1n) is 9.58. The summed E-state index contributed by atoms with van der Waals surface area (Å²) >= 11 is 0. The summed E-state index contributed by atoms with van der Waals surface area (Å²) in [4.78, 5) is 14.6. The van der Waals surface area contributed by atoms with Crippen LogP contribution in [-0.2, 0) is 4.79 Å². The Morgan fingerprint density at radius 3 is 2.75 bits per heavy atom. The van der Waals surface area contributed by atoms with Crippen molar-refractivity contribution in [3.63, 3.8) is 0 Å². The van der Waals surface area contributed by atoms with E-state index in [1.807, 2.05) is 48.7 Å². The molecule has 1 amide bonds. The van der Waals surface area contributed by atoms with Gasteiger partial charge in [0.1, 0.15) is 6.07 Å². The fraction of sp³-hybridized carbons (Fsp3) is 0.333. The molecule has 0 unspecified atom stereocenters. The molecule has 1 fully saturated rings. The van der Waals surface area contributed by atoms with E-state index < -0.39 is 0 Å². The van der Waals surface area contributed by atoms with E-state index in [1.165, 1.54) is 0 Å². The van der Waals surface area contributed by atoms with Gasteiger partial charge in [0.05, 0.1) is 11.3 Å². The minimum atomic E-state index is -0.0320. The number of fused-ring (bicyclic) bond motifs is 1. The lowest BCUT2D eigenvalue weighted by Crippen LogP contribution is -2.34. The van der Waals surface area contributed by atoms with Gasteiger partial charge in [0, 0.05) is 25.7 Å². The summed E-state index contributed by atoms with van der Waals surface area (Å²) in [6.07, 6.45) is 5.22. The number of nitrogens with one attached hydrogen (secondary N) is 1. The Morgan fingerprint density at radius 1 is 1.14 bits per heavy atom. The number of para-hydroxylation sites is 1. The average Bonchev–Trinajstić information content (AvgIpc) is 3.15. The van der Waals surface area contributed by atoms with Gasteiger partial charge in [-0.15, -0.1) is 10.2 Å². The average molecular weight is 374 g/mol. The number of nitriles is 1. The molecule has 2 aromatic heterocycles. The molecular formula is C21H22N6O. The molecule has 3 aromatic rings. The van der Waals surface area contributed by atoms with Crippen LogP contribution < -0.4 is 10.2 Å². The maximum atomic E-state index is 12.3. The first-order chi connectivity index (χ1) is 13.7. The molecule has 7 nitrogen and oxygen atoms in total. The van der Waals surface area contributed by atoms with Crippen LogP contribution in [0.4, 0.5) is 11.6 Å². The Balaban J connectivity index is 1.27. The number of nitrogens with zero attached hydrogens (tertiary/aromatic N) is 5. The predicted molar refractivity (Wildman–Crippen MR) is 107 cm³/mol.